The molecule has 1 aliphatic heterocycles. The number of nitrogens with zero attached hydrogens (tertiary/aromatic N) is 2. The lowest BCUT2D eigenvalue weighted by molar-refractivity contribution is -0.125. The zero-order valence-corrected chi connectivity index (χ0v) is 12.4. The Morgan fingerprint density at radius 1 is 1.68 bits per heavy atom. The van der Waals surface area contributed by atoms with Crippen molar-refractivity contribution in [2.45, 2.75) is 6.92 Å². The molecule has 0 unspecified atom stereocenters. The Bertz CT molecular complexity index is 465. The second kappa shape index (κ2) is 7.58. The number of rotatable bonds is 6. The first kappa shape index (κ1) is 15.2. The van der Waals surface area contributed by atoms with Crippen LogP contribution in [0.1, 0.15) is 6.92 Å². The Hall–Kier alpha value is -1.82. The van der Waals surface area contributed by atoms with Crippen molar-refractivity contribution in [3.8, 4) is 0 Å². The molecule has 1 aliphatic rings. The van der Waals surface area contributed by atoms with Crippen LogP contribution < -0.4 is 10.6 Å². The highest BCUT2D eigenvalue weighted by Crippen LogP contribution is 2.10. The molecule has 0 saturated heterocycles. The average Bonchev–Trinajstić information content (AvgIpc) is 2.38. The average molecular weight is 325 g/mol. The van der Waals surface area contributed by atoms with E-state index in [-0.39, 0.29) is 5.91 Å². The van der Waals surface area contributed by atoms with E-state index in [1.165, 1.54) is 6.08 Å². The van der Waals surface area contributed by atoms with Gasteiger partial charge in [-0.15, -0.1) is 0 Å². The summed E-state index contributed by atoms with van der Waals surface area (Å²) in [6.45, 7) is 9.48. The minimum absolute atomic E-state index is 0.256. The van der Waals surface area contributed by atoms with Crippen LogP contribution in [0.5, 0.6) is 0 Å². The third-order valence-electron chi connectivity index (χ3n) is 2.39. The lowest BCUT2D eigenvalue weighted by Gasteiger charge is -2.25. The molecule has 19 heavy (non-hydrogen) atoms. The number of allylic oxidation sites excluding steroid dienone is 3. The zero-order chi connectivity index (χ0) is 14.3. The topological polar surface area (TPSA) is 56.7 Å². The summed E-state index contributed by atoms with van der Waals surface area (Å²) >= 11 is 3.32. The summed E-state index contributed by atoms with van der Waals surface area (Å²) in [5.74, 6) is 0.144. The standard InChI is InChI=1S/C13H17BrN4O/c1-4-11(6-5-7-14)16-9-12-8-13(19)18(15-3)10(2)17-12/h4-6,8,16-17H,2-3,7,9H2,1H3/b6-5-,11-4+. The molecule has 0 aromatic rings. The molecule has 1 heterocycles. The van der Waals surface area contributed by atoms with Crippen LogP contribution in [0.25, 0.3) is 0 Å². The second-order valence-corrected chi connectivity index (χ2v) is 4.33. The number of carbonyl (C=O) groups excluding carboxylic acids is 1. The summed E-state index contributed by atoms with van der Waals surface area (Å²) in [5, 5.41) is 11.7. The summed E-state index contributed by atoms with van der Waals surface area (Å²) in [6, 6.07) is 0. The van der Waals surface area contributed by atoms with Crippen LogP contribution in [0, 0.1) is 0 Å². The van der Waals surface area contributed by atoms with Crippen LogP contribution in [-0.4, -0.2) is 29.5 Å². The van der Waals surface area contributed by atoms with Crippen molar-refractivity contribution in [1.29, 1.82) is 0 Å². The van der Waals surface area contributed by atoms with E-state index in [2.05, 4.69) is 45.0 Å². The van der Waals surface area contributed by atoms with Gasteiger partial charge in [0.2, 0.25) is 0 Å². The SMILES string of the molecule is C=NN1C(=C)NC(CNC(/C=C\CBr)=C/C)=CC1=O. The molecule has 6 heteroatoms. The molecule has 0 fully saturated rings. The van der Waals surface area contributed by atoms with Crippen molar-refractivity contribution in [2.24, 2.45) is 5.10 Å². The number of carbonyl (C=O) groups is 1. The Morgan fingerprint density at radius 2 is 2.42 bits per heavy atom. The molecule has 0 aromatic heterocycles. The van der Waals surface area contributed by atoms with Gasteiger partial charge in [0.05, 0.1) is 6.54 Å². The Balaban J connectivity index is 2.64. The summed E-state index contributed by atoms with van der Waals surface area (Å²) in [4.78, 5) is 11.7. The van der Waals surface area contributed by atoms with E-state index in [0.29, 0.717) is 12.4 Å². The number of alkyl halides is 1. The lowest BCUT2D eigenvalue weighted by Crippen LogP contribution is -2.38. The van der Waals surface area contributed by atoms with Crippen molar-refractivity contribution < 1.29 is 4.79 Å². The van der Waals surface area contributed by atoms with E-state index >= 15 is 0 Å². The molecule has 5 nitrogen and oxygen atoms in total. The van der Waals surface area contributed by atoms with Crippen LogP contribution in [0.2, 0.25) is 0 Å². The van der Waals surface area contributed by atoms with Crippen molar-refractivity contribution in [2.75, 3.05) is 11.9 Å². The number of hydrazone groups is 1. The highest BCUT2D eigenvalue weighted by Gasteiger charge is 2.20. The predicted molar refractivity (Wildman–Crippen MR) is 81.4 cm³/mol. The second-order valence-electron chi connectivity index (χ2n) is 3.69. The van der Waals surface area contributed by atoms with Gasteiger partial charge >= 0.3 is 0 Å². The molecule has 0 aliphatic carbocycles. The number of hydrogen-bond donors (Lipinski definition) is 2. The molecule has 0 saturated carbocycles. The number of amides is 1. The van der Waals surface area contributed by atoms with Crippen LogP contribution in [0.15, 0.2) is 53.2 Å². The summed E-state index contributed by atoms with van der Waals surface area (Å²) < 4.78 is 0. The van der Waals surface area contributed by atoms with E-state index < -0.39 is 0 Å². The Kier molecular flexibility index (Phi) is 6.08. The smallest absolute Gasteiger partial charge is 0.274 e. The van der Waals surface area contributed by atoms with E-state index in [4.69, 9.17) is 0 Å². The molecule has 102 valence electrons. The fraction of sp³-hybridized carbons (Fsp3) is 0.231. The molecular weight excluding hydrogens is 308 g/mol. The first-order valence-corrected chi connectivity index (χ1v) is 6.84. The van der Waals surface area contributed by atoms with Gasteiger partial charge in [0.25, 0.3) is 5.91 Å². The maximum Gasteiger partial charge on any atom is 0.274 e. The van der Waals surface area contributed by atoms with Gasteiger partial charge in [0.15, 0.2) is 0 Å². The van der Waals surface area contributed by atoms with Gasteiger partial charge in [0.1, 0.15) is 5.82 Å². The Labute approximate surface area is 121 Å². The molecule has 1 amide bonds. The zero-order valence-electron chi connectivity index (χ0n) is 10.8. The highest BCUT2D eigenvalue weighted by atomic mass is 79.9. The van der Waals surface area contributed by atoms with Gasteiger partial charge in [-0.25, -0.2) is 0 Å². The number of halogens is 1. The Morgan fingerprint density at radius 3 is 2.95 bits per heavy atom. The third-order valence-corrected chi connectivity index (χ3v) is 2.76. The van der Waals surface area contributed by atoms with Crippen molar-refractivity contribution in [3.63, 3.8) is 0 Å². The number of nitrogens with one attached hydrogen (secondary N) is 2. The van der Waals surface area contributed by atoms with Crippen LogP contribution in [-0.2, 0) is 4.79 Å². The monoisotopic (exact) mass is 324 g/mol. The predicted octanol–water partition coefficient (Wildman–Crippen LogP) is 1.83. The molecule has 1 rings (SSSR count). The van der Waals surface area contributed by atoms with Crippen LogP contribution in [0.4, 0.5) is 0 Å². The quantitative estimate of drug-likeness (QED) is 0.445. The third kappa shape index (κ3) is 4.40. The van der Waals surface area contributed by atoms with Gasteiger partial charge in [-0.2, -0.15) is 10.1 Å². The first-order valence-electron chi connectivity index (χ1n) is 5.72. The van der Waals surface area contributed by atoms with E-state index in [1.54, 1.807) is 0 Å². The minimum Gasteiger partial charge on any atom is -0.380 e. The van der Waals surface area contributed by atoms with E-state index in [9.17, 15) is 4.79 Å². The molecule has 2 N–H and O–H groups in total. The molecule has 0 atom stereocenters. The highest BCUT2D eigenvalue weighted by molar-refractivity contribution is 9.09. The molecular formula is C13H17BrN4O. The van der Waals surface area contributed by atoms with Crippen molar-refractivity contribution in [1.82, 2.24) is 15.6 Å². The van der Waals surface area contributed by atoms with E-state index in [1.807, 2.05) is 25.2 Å². The van der Waals surface area contributed by atoms with Gasteiger partial charge < -0.3 is 10.6 Å². The minimum atomic E-state index is -0.256. The van der Waals surface area contributed by atoms with E-state index in [0.717, 1.165) is 21.7 Å². The number of hydrogen-bond acceptors (Lipinski definition) is 4. The van der Waals surface area contributed by atoms with Gasteiger partial charge in [-0.3, -0.25) is 4.79 Å². The van der Waals surface area contributed by atoms with Crippen molar-refractivity contribution >= 4 is 28.6 Å². The summed E-state index contributed by atoms with van der Waals surface area (Å²) in [5.41, 5.74) is 1.71. The summed E-state index contributed by atoms with van der Waals surface area (Å²) in [7, 11) is 0. The van der Waals surface area contributed by atoms with Crippen LogP contribution >= 0.6 is 15.9 Å². The maximum absolute atomic E-state index is 11.7. The summed E-state index contributed by atoms with van der Waals surface area (Å²) in [6.07, 6.45) is 7.37. The van der Waals surface area contributed by atoms with Gasteiger partial charge in [-0.1, -0.05) is 34.7 Å². The molecule has 0 bridgehead atoms. The maximum atomic E-state index is 11.7. The van der Waals surface area contributed by atoms with Gasteiger partial charge in [0, 0.05) is 29.5 Å². The first-order chi connectivity index (χ1) is 9.12. The van der Waals surface area contributed by atoms with Crippen LogP contribution in [0.3, 0.4) is 0 Å². The lowest BCUT2D eigenvalue weighted by atomic mass is 10.3. The van der Waals surface area contributed by atoms with Crippen molar-refractivity contribution in [3.05, 3.63) is 48.1 Å². The fourth-order valence-corrected chi connectivity index (χ4v) is 1.68. The van der Waals surface area contributed by atoms with Gasteiger partial charge in [-0.05, 0) is 13.0 Å². The largest absolute Gasteiger partial charge is 0.380 e. The molecule has 0 aromatic carbocycles. The molecule has 0 radical (unpaired) electrons. The fourth-order valence-electron chi connectivity index (χ4n) is 1.49. The normalized spacial score (nSPS) is 16.4. The molecule has 0 spiro atoms.